The lowest BCUT2D eigenvalue weighted by Gasteiger charge is -2.17. The highest BCUT2D eigenvalue weighted by atomic mass is 127. The van der Waals surface area contributed by atoms with E-state index in [9.17, 15) is 18.7 Å². The van der Waals surface area contributed by atoms with Gasteiger partial charge in [0.1, 0.15) is 41.6 Å². The van der Waals surface area contributed by atoms with E-state index in [1.165, 1.54) is 29.0 Å². The summed E-state index contributed by atoms with van der Waals surface area (Å²) < 4.78 is 35.5. The van der Waals surface area contributed by atoms with Crippen LogP contribution in [0, 0.1) is 15.2 Å². The van der Waals surface area contributed by atoms with Crippen LogP contribution in [0.5, 0.6) is 11.6 Å². The van der Waals surface area contributed by atoms with Gasteiger partial charge in [-0.25, -0.2) is 18.6 Å². The van der Waals surface area contributed by atoms with Crippen molar-refractivity contribution in [1.82, 2.24) is 19.5 Å². The van der Waals surface area contributed by atoms with Crippen molar-refractivity contribution in [1.29, 1.82) is 0 Å². The Morgan fingerprint density at radius 3 is 2.46 bits per heavy atom. The average Bonchev–Trinajstić information content (AvgIpc) is 3.52. The number of imidazole rings is 2. The van der Waals surface area contributed by atoms with Gasteiger partial charge in [-0.05, 0) is 82.8 Å². The molecule has 11 heteroatoms. The highest BCUT2D eigenvalue weighted by molar-refractivity contribution is 14.1. The number of aromatic nitrogens is 4. The molecule has 0 bridgehead atoms. The third-order valence-electron chi connectivity index (χ3n) is 6.19. The van der Waals surface area contributed by atoms with Gasteiger partial charge in [-0.15, -0.1) is 0 Å². The molecular weight excluding hydrogens is 621 g/mol. The Morgan fingerprint density at radius 1 is 1.03 bits per heavy atom. The molecule has 39 heavy (non-hydrogen) atoms. The largest absolute Gasteiger partial charge is 0.493 e. The molecule has 0 saturated carbocycles. The van der Waals surface area contributed by atoms with Crippen molar-refractivity contribution in [3.05, 3.63) is 110 Å². The molecule has 1 atom stereocenters. The van der Waals surface area contributed by atoms with Crippen molar-refractivity contribution in [2.24, 2.45) is 0 Å². The first-order valence-corrected chi connectivity index (χ1v) is 13.0. The van der Waals surface area contributed by atoms with Gasteiger partial charge in [-0.3, -0.25) is 4.57 Å². The number of nitrogens with one attached hydrogen (secondary N) is 2. The quantitative estimate of drug-likeness (QED) is 0.168. The fraction of sp³-hybridized carbons (Fsp3) is 0.143. The smallest absolute Gasteiger partial charge is 0.329 e. The number of hydrogen-bond acceptors (Lipinski definition) is 5. The second-order valence-corrected chi connectivity index (χ2v) is 9.99. The van der Waals surface area contributed by atoms with Crippen LogP contribution >= 0.6 is 22.6 Å². The first kappa shape index (κ1) is 26.6. The Kier molecular flexibility index (Phi) is 7.79. The molecule has 4 N–H and O–H groups in total. The van der Waals surface area contributed by atoms with Gasteiger partial charge in [0, 0.05) is 21.1 Å². The predicted octanol–water partition coefficient (Wildman–Crippen LogP) is 5.03. The molecule has 0 aliphatic heterocycles. The summed E-state index contributed by atoms with van der Waals surface area (Å²) in [6.07, 6.45) is 1.65. The maximum Gasteiger partial charge on any atom is 0.329 e. The van der Waals surface area contributed by atoms with E-state index in [1.807, 2.05) is 22.6 Å². The van der Waals surface area contributed by atoms with Gasteiger partial charge in [-0.2, -0.15) is 0 Å². The van der Waals surface area contributed by atoms with Crippen LogP contribution in [0.2, 0.25) is 0 Å². The van der Waals surface area contributed by atoms with Gasteiger partial charge >= 0.3 is 5.69 Å². The Bertz CT molecular complexity index is 1650. The topological polar surface area (TPSA) is 116 Å². The summed E-state index contributed by atoms with van der Waals surface area (Å²) in [7, 11) is 0. The van der Waals surface area contributed by atoms with E-state index in [-0.39, 0.29) is 31.2 Å². The number of aliphatic hydroxyl groups excluding tert-OH is 1. The summed E-state index contributed by atoms with van der Waals surface area (Å²) >= 11 is 2.02. The van der Waals surface area contributed by atoms with Crippen molar-refractivity contribution in [3.8, 4) is 34.1 Å². The summed E-state index contributed by atoms with van der Waals surface area (Å²) in [5.74, 6) is -0.325. The van der Waals surface area contributed by atoms with E-state index in [2.05, 4.69) is 15.0 Å². The normalized spacial score (nSPS) is 12.0. The molecule has 0 fully saturated rings. The molecule has 3 aromatic carbocycles. The molecule has 0 amide bonds. The van der Waals surface area contributed by atoms with E-state index in [0.717, 1.165) is 3.57 Å². The minimum absolute atomic E-state index is 0.126. The number of aliphatic hydroxyl groups is 1. The van der Waals surface area contributed by atoms with Crippen molar-refractivity contribution < 1.29 is 23.7 Å². The first-order valence-electron chi connectivity index (χ1n) is 12.0. The van der Waals surface area contributed by atoms with Crippen LogP contribution in [0.25, 0.3) is 22.5 Å². The van der Waals surface area contributed by atoms with Crippen molar-refractivity contribution >= 4 is 22.6 Å². The molecule has 2 heterocycles. The molecule has 2 aromatic heterocycles. The lowest BCUT2D eigenvalue weighted by Crippen LogP contribution is -2.25. The highest BCUT2D eigenvalue weighted by Crippen LogP contribution is 2.33. The molecular formula is C28H23F2IN4O4. The molecule has 8 nitrogen and oxygen atoms in total. The van der Waals surface area contributed by atoms with Crippen LogP contribution < -0.4 is 10.4 Å². The van der Waals surface area contributed by atoms with Crippen LogP contribution in [0.4, 0.5) is 8.78 Å². The van der Waals surface area contributed by atoms with Gasteiger partial charge in [-0.1, -0.05) is 12.1 Å². The average molecular weight is 644 g/mol. The van der Waals surface area contributed by atoms with Crippen LogP contribution in [0.15, 0.2) is 77.7 Å². The molecule has 0 saturated heterocycles. The second kappa shape index (κ2) is 11.4. The Balaban J connectivity index is 1.56. The van der Waals surface area contributed by atoms with Crippen LogP contribution in [-0.4, -0.2) is 42.9 Å². The highest BCUT2D eigenvalue weighted by Gasteiger charge is 2.26. The van der Waals surface area contributed by atoms with Gasteiger partial charge in [0.25, 0.3) is 0 Å². The number of hydrogen-bond donors (Lipinski definition) is 4. The minimum Gasteiger partial charge on any atom is -0.493 e. The molecule has 0 aliphatic carbocycles. The molecule has 5 rings (SSSR count). The number of rotatable bonds is 9. The van der Waals surface area contributed by atoms with Crippen LogP contribution in [0.1, 0.15) is 17.4 Å². The van der Waals surface area contributed by atoms with Crippen LogP contribution in [0.3, 0.4) is 0 Å². The van der Waals surface area contributed by atoms with Gasteiger partial charge < -0.3 is 24.9 Å². The van der Waals surface area contributed by atoms with E-state index >= 15 is 0 Å². The fourth-order valence-electron chi connectivity index (χ4n) is 4.32. The van der Waals surface area contributed by atoms with Gasteiger partial charge in [0.15, 0.2) is 0 Å². The molecule has 0 spiro atoms. The number of aromatic amines is 2. The number of aromatic hydroxyl groups is 1. The second-order valence-electron chi connectivity index (χ2n) is 8.75. The van der Waals surface area contributed by atoms with Crippen molar-refractivity contribution in [2.45, 2.75) is 12.5 Å². The monoisotopic (exact) mass is 644 g/mol. The number of nitrogens with zero attached hydrogens (tertiary/aromatic N) is 2. The molecule has 200 valence electrons. The van der Waals surface area contributed by atoms with E-state index in [1.54, 1.807) is 48.5 Å². The standard InChI is InChI=1S/C28H23F2IN4O4/c29-18-5-1-16(2-6-18)13-24(26-32-15-23(33-26)21-10-7-19(31)14-22(21)30)35-27(37)25(34-28(35)38)17-3-8-20(9-4-17)39-12-11-36/h1-10,14-15,24,36-37H,11-13H2,(H,32,33)(H,34,38)/t24-/m0/s1. The SMILES string of the molecule is O=c1[nH]c(-c2ccc(OCCO)cc2)c(O)n1[C@@H](Cc1ccc(F)cc1)c1ncc(-c2ccc(I)cc2F)[nH]1. The Morgan fingerprint density at radius 2 is 1.77 bits per heavy atom. The van der Waals surface area contributed by atoms with Crippen molar-refractivity contribution in [3.63, 3.8) is 0 Å². The summed E-state index contributed by atoms with van der Waals surface area (Å²) in [5.41, 5.74) is 1.54. The maximum atomic E-state index is 14.7. The van der Waals surface area contributed by atoms with Crippen LogP contribution in [-0.2, 0) is 6.42 Å². The zero-order chi connectivity index (χ0) is 27.5. The summed E-state index contributed by atoms with van der Waals surface area (Å²) in [4.78, 5) is 23.4. The Labute approximate surface area is 235 Å². The number of H-pyrrole nitrogens is 2. The lowest BCUT2D eigenvalue weighted by atomic mass is 10.0. The van der Waals surface area contributed by atoms with Crippen molar-refractivity contribution in [2.75, 3.05) is 13.2 Å². The third-order valence-corrected chi connectivity index (χ3v) is 6.86. The molecule has 0 radical (unpaired) electrons. The first-order chi connectivity index (χ1) is 18.8. The predicted molar refractivity (Wildman–Crippen MR) is 150 cm³/mol. The zero-order valence-electron chi connectivity index (χ0n) is 20.4. The van der Waals surface area contributed by atoms with E-state index < -0.39 is 23.4 Å². The van der Waals surface area contributed by atoms with E-state index in [0.29, 0.717) is 34.0 Å². The molecule has 0 unspecified atom stereocenters. The summed E-state index contributed by atoms with van der Waals surface area (Å²) in [6.45, 7) is 0.0129. The van der Waals surface area contributed by atoms with Gasteiger partial charge in [0.2, 0.25) is 5.88 Å². The summed E-state index contributed by atoms with van der Waals surface area (Å²) in [6, 6.07) is 16.4. The van der Waals surface area contributed by atoms with E-state index in [4.69, 9.17) is 9.84 Å². The number of ether oxygens (including phenoxy) is 1. The molecule has 5 aromatic rings. The maximum absolute atomic E-state index is 14.7. The fourth-order valence-corrected chi connectivity index (χ4v) is 4.77. The molecule has 0 aliphatic rings. The third kappa shape index (κ3) is 5.73. The number of benzene rings is 3. The number of halogens is 3. The summed E-state index contributed by atoms with van der Waals surface area (Å²) in [5, 5.41) is 20.2. The Hall–Kier alpha value is -3.97. The lowest BCUT2D eigenvalue weighted by molar-refractivity contribution is 0.201. The van der Waals surface area contributed by atoms with Gasteiger partial charge in [0.05, 0.1) is 18.5 Å². The zero-order valence-corrected chi connectivity index (χ0v) is 22.5. The minimum atomic E-state index is -0.833.